The fourth-order valence-corrected chi connectivity index (χ4v) is 1.16. The first kappa shape index (κ1) is 13.1. The molecule has 0 aromatic heterocycles. The third-order valence-electron chi connectivity index (χ3n) is 1.71. The maximum Gasteiger partial charge on any atom is 0.134 e. The molecule has 0 aliphatic heterocycles. The van der Waals surface area contributed by atoms with Gasteiger partial charge in [0.05, 0.1) is 17.5 Å². The summed E-state index contributed by atoms with van der Waals surface area (Å²) >= 11 is 5.67. The highest BCUT2D eigenvalue weighted by Crippen LogP contribution is 2.26. The third kappa shape index (κ3) is 3.08. The van der Waals surface area contributed by atoms with E-state index < -0.39 is 0 Å². The van der Waals surface area contributed by atoms with Crippen molar-refractivity contribution in [3.8, 4) is 11.8 Å². The quantitative estimate of drug-likeness (QED) is 0.823. The molecule has 0 saturated carbocycles. The number of rotatable bonds is 2. The monoisotopic (exact) mass is 232 g/mol. The second-order valence-electron chi connectivity index (χ2n) is 2.68. The van der Waals surface area contributed by atoms with Gasteiger partial charge in [0.1, 0.15) is 5.75 Å². The van der Waals surface area contributed by atoms with Gasteiger partial charge in [-0.15, -0.1) is 12.4 Å². The minimum absolute atomic E-state index is 0. The summed E-state index contributed by atoms with van der Waals surface area (Å²) < 4.78 is 0. The van der Waals surface area contributed by atoms with Gasteiger partial charge in [0, 0.05) is 6.04 Å². The van der Waals surface area contributed by atoms with E-state index in [2.05, 4.69) is 0 Å². The molecule has 0 fully saturated rings. The number of phenols is 1. The molecule has 1 aromatic rings. The Balaban J connectivity index is 0.00000169. The highest BCUT2D eigenvalue weighted by Gasteiger charge is 2.07. The number of halogens is 2. The molecule has 14 heavy (non-hydrogen) atoms. The van der Waals surface area contributed by atoms with Gasteiger partial charge in [-0.1, -0.05) is 17.7 Å². The third-order valence-corrected chi connectivity index (χ3v) is 2.01. The van der Waals surface area contributed by atoms with Gasteiger partial charge in [0.15, 0.2) is 0 Å². The van der Waals surface area contributed by atoms with Gasteiger partial charge in [0.2, 0.25) is 0 Å². The molecule has 3 N–H and O–H groups in total. The maximum absolute atomic E-state index is 9.12. The standard InChI is InChI=1S/C9H9ClN2O.ClH/c10-7-5-6(1-2-9(7)13)8(12)3-4-11;/h1-2,5,8,13H,3,12H2;1H/t8-;/m0./s1. The Labute approximate surface area is 93.5 Å². The summed E-state index contributed by atoms with van der Waals surface area (Å²) in [6, 6.07) is 6.32. The normalized spacial score (nSPS) is 11.2. The molecule has 0 aliphatic carbocycles. The smallest absolute Gasteiger partial charge is 0.134 e. The number of nitrogens with zero attached hydrogens (tertiary/aromatic N) is 1. The van der Waals surface area contributed by atoms with Crippen LogP contribution in [0.5, 0.6) is 5.75 Å². The van der Waals surface area contributed by atoms with E-state index in [0.29, 0.717) is 0 Å². The van der Waals surface area contributed by atoms with Gasteiger partial charge < -0.3 is 10.8 Å². The van der Waals surface area contributed by atoms with Crippen LogP contribution in [0.3, 0.4) is 0 Å². The van der Waals surface area contributed by atoms with E-state index in [1.54, 1.807) is 12.1 Å². The number of hydrogen-bond acceptors (Lipinski definition) is 3. The molecule has 1 atom stereocenters. The molecule has 0 heterocycles. The topological polar surface area (TPSA) is 70.0 Å². The van der Waals surface area contributed by atoms with Crippen LogP contribution in [0.2, 0.25) is 5.02 Å². The van der Waals surface area contributed by atoms with Crippen molar-refractivity contribution in [1.82, 2.24) is 0 Å². The SMILES string of the molecule is Cl.N#CC[C@H](N)c1ccc(O)c(Cl)c1. The Bertz CT molecular complexity index is 349. The summed E-state index contributed by atoms with van der Waals surface area (Å²) in [5.74, 6) is 0.0228. The van der Waals surface area contributed by atoms with Crippen LogP contribution in [-0.4, -0.2) is 5.11 Å². The Morgan fingerprint density at radius 2 is 2.21 bits per heavy atom. The lowest BCUT2D eigenvalue weighted by atomic mass is 10.1. The highest BCUT2D eigenvalue weighted by molar-refractivity contribution is 6.32. The zero-order chi connectivity index (χ0) is 9.84. The molecule has 1 rings (SSSR count). The highest BCUT2D eigenvalue weighted by atomic mass is 35.5. The van der Waals surface area contributed by atoms with Gasteiger partial charge in [-0.2, -0.15) is 5.26 Å². The van der Waals surface area contributed by atoms with Gasteiger partial charge >= 0.3 is 0 Å². The summed E-state index contributed by atoms with van der Waals surface area (Å²) in [6.07, 6.45) is 0.237. The summed E-state index contributed by atoms with van der Waals surface area (Å²) in [5.41, 5.74) is 6.42. The molecule has 0 radical (unpaired) electrons. The van der Waals surface area contributed by atoms with E-state index in [-0.39, 0.29) is 35.6 Å². The summed E-state index contributed by atoms with van der Waals surface area (Å²) in [5, 5.41) is 17.8. The van der Waals surface area contributed by atoms with Crippen molar-refractivity contribution in [3.05, 3.63) is 28.8 Å². The second kappa shape index (κ2) is 5.71. The van der Waals surface area contributed by atoms with Crippen LogP contribution in [0, 0.1) is 11.3 Å². The van der Waals surface area contributed by atoms with E-state index in [9.17, 15) is 0 Å². The summed E-state index contributed by atoms with van der Waals surface area (Å²) in [6.45, 7) is 0. The van der Waals surface area contributed by atoms with Crippen LogP contribution in [0.1, 0.15) is 18.0 Å². The maximum atomic E-state index is 9.12. The van der Waals surface area contributed by atoms with E-state index >= 15 is 0 Å². The van der Waals surface area contributed by atoms with Crippen LogP contribution in [0.4, 0.5) is 0 Å². The van der Waals surface area contributed by atoms with Gasteiger partial charge in [-0.05, 0) is 17.7 Å². The molecule has 0 spiro atoms. The van der Waals surface area contributed by atoms with Crippen molar-refractivity contribution in [1.29, 1.82) is 5.26 Å². The zero-order valence-electron chi connectivity index (χ0n) is 7.27. The van der Waals surface area contributed by atoms with Gasteiger partial charge in [-0.3, -0.25) is 0 Å². The molecule has 5 heteroatoms. The van der Waals surface area contributed by atoms with Crippen molar-refractivity contribution in [2.45, 2.75) is 12.5 Å². The molecule has 3 nitrogen and oxygen atoms in total. The van der Waals surface area contributed by atoms with Crippen LogP contribution >= 0.6 is 24.0 Å². The molecule has 76 valence electrons. The number of nitriles is 1. The minimum Gasteiger partial charge on any atom is -0.506 e. The Morgan fingerprint density at radius 3 is 2.71 bits per heavy atom. The van der Waals surface area contributed by atoms with Crippen LogP contribution in [0.15, 0.2) is 18.2 Å². The Hall–Kier alpha value is -0.950. The summed E-state index contributed by atoms with van der Waals surface area (Å²) in [4.78, 5) is 0. The predicted octanol–water partition coefficient (Wildman–Crippen LogP) is 2.38. The molecule has 0 bridgehead atoms. The van der Waals surface area contributed by atoms with Crippen molar-refractivity contribution in [2.75, 3.05) is 0 Å². The average molecular weight is 233 g/mol. The van der Waals surface area contributed by atoms with E-state index in [0.717, 1.165) is 5.56 Å². The molecule has 0 saturated heterocycles. The average Bonchev–Trinajstić information content (AvgIpc) is 2.10. The molecule has 1 aromatic carbocycles. The first-order valence-electron chi connectivity index (χ1n) is 3.76. The Morgan fingerprint density at radius 1 is 1.57 bits per heavy atom. The predicted molar refractivity (Wildman–Crippen MR) is 57.5 cm³/mol. The minimum atomic E-state index is -0.344. The zero-order valence-corrected chi connectivity index (χ0v) is 8.85. The number of benzene rings is 1. The number of aromatic hydroxyl groups is 1. The largest absolute Gasteiger partial charge is 0.506 e. The molecule has 0 unspecified atom stereocenters. The van der Waals surface area contributed by atoms with E-state index in [1.807, 2.05) is 6.07 Å². The summed E-state index contributed by atoms with van der Waals surface area (Å²) in [7, 11) is 0. The lowest BCUT2D eigenvalue weighted by Crippen LogP contribution is -2.08. The lowest BCUT2D eigenvalue weighted by molar-refractivity contribution is 0.475. The van der Waals surface area contributed by atoms with Crippen LogP contribution in [-0.2, 0) is 0 Å². The first-order chi connectivity index (χ1) is 6.15. The molecule has 0 aliphatic rings. The fourth-order valence-electron chi connectivity index (χ4n) is 0.970. The van der Waals surface area contributed by atoms with Gasteiger partial charge in [0.25, 0.3) is 0 Å². The molecular formula is C9H10Cl2N2O. The fraction of sp³-hybridized carbons (Fsp3) is 0.222. The number of hydrogen-bond donors (Lipinski definition) is 2. The van der Waals surface area contributed by atoms with Crippen LogP contribution < -0.4 is 5.73 Å². The lowest BCUT2D eigenvalue weighted by Gasteiger charge is -2.08. The van der Waals surface area contributed by atoms with Crippen molar-refractivity contribution in [2.24, 2.45) is 5.73 Å². The van der Waals surface area contributed by atoms with Crippen LogP contribution in [0.25, 0.3) is 0 Å². The van der Waals surface area contributed by atoms with Gasteiger partial charge in [-0.25, -0.2) is 0 Å². The number of phenolic OH excluding ortho intramolecular Hbond substituents is 1. The van der Waals surface area contributed by atoms with Crippen molar-refractivity contribution < 1.29 is 5.11 Å². The second-order valence-corrected chi connectivity index (χ2v) is 3.09. The molecular weight excluding hydrogens is 223 g/mol. The van der Waals surface area contributed by atoms with E-state index in [1.165, 1.54) is 6.07 Å². The first-order valence-corrected chi connectivity index (χ1v) is 4.14. The van der Waals surface area contributed by atoms with Crippen molar-refractivity contribution >= 4 is 24.0 Å². The van der Waals surface area contributed by atoms with E-state index in [4.69, 9.17) is 27.7 Å². The number of nitrogens with two attached hydrogens (primary N) is 1. The Kier molecular flexibility index (Phi) is 5.32. The molecule has 0 amide bonds. The van der Waals surface area contributed by atoms with Crippen molar-refractivity contribution in [3.63, 3.8) is 0 Å².